The number of benzene rings is 1. The Balaban J connectivity index is 1.54. The van der Waals surface area contributed by atoms with Crippen molar-refractivity contribution in [3.8, 4) is 0 Å². The quantitative estimate of drug-likeness (QED) is 0.770. The van der Waals surface area contributed by atoms with E-state index in [9.17, 15) is 9.59 Å². The van der Waals surface area contributed by atoms with Crippen LogP contribution < -0.4 is 10.6 Å². The number of piperidine rings is 1. The standard InChI is InChI=1S/C18H19Cl2N3O2S/c19-15-6-5-13(9-16(15)20)22-17(24)12-3-1-7-23(11-12)18(25)21-10-14-4-2-8-26-14/h2,4-6,8-9,12H,1,3,7,10-11H2,(H,21,25)(H,22,24). The molecule has 8 heteroatoms. The summed E-state index contributed by atoms with van der Waals surface area (Å²) < 4.78 is 0. The second-order valence-corrected chi connectivity index (χ2v) is 7.99. The van der Waals surface area contributed by atoms with Crippen molar-refractivity contribution in [1.29, 1.82) is 0 Å². The molecular weight excluding hydrogens is 393 g/mol. The van der Waals surface area contributed by atoms with Crippen LogP contribution in [0.5, 0.6) is 0 Å². The zero-order chi connectivity index (χ0) is 18.5. The lowest BCUT2D eigenvalue weighted by atomic mass is 9.97. The lowest BCUT2D eigenvalue weighted by Gasteiger charge is -2.32. The molecule has 0 bridgehead atoms. The molecule has 5 nitrogen and oxygen atoms in total. The Kier molecular flexibility index (Phi) is 6.40. The van der Waals surface area contributed by atoms with Crippen molar-refractivity contribution < 1.29 is 9.59 Å². The monoisotopic (exact) mass is 411 g/mol. The largest absolute Gasteiger partial charge is 0.333 e. The van der Waals surface area contributed by atoms with Crippen LogP contribution in [0.4, 0.5) is 10.5 Å². The normalized spacial score (nSPS) is 17.0. The van der Waals surface area contributed by atoms with Gasteiger partial charge in [-0.3, -0.25) is 4.79 Å². The second-order valence-electron chi connectivity index (χ2n) is 6.14. The van der Waals surface area contributed by atoms with Gasteiger partial charge in [0, 0.05) is 23.7 Å². The molecule has 1 aliphatic heterocycles. The topological polar surface area (TPSA) is 61.4 Å². The minimum absolute atomic E-state index is 0.112. The first kappa shape index (κ1) is 19.0. The maximum Gasteiger partial charge on any atom is 0.317 e. The number of anilines is 1. The van der Waals surface area contributed by atoms with Crippen molar-refractivity contribution in [3.05, 3.63) is 50.6 Å². The Hall–Kier alpha value is -1.76. The number of carbonyl (C=O) groups is 2. The van der Waals surface area contributed by atoms with E-state index in [1.165, 1.54) is 0 Å². The van der Waals surface area contributed by atoms with Gasteiger partial charge in [0.2, 0.25) is 5.91 Å². The van der Waals surface area contributed by atoms with Crippen molar-refractivity contribution in [3.63, 3.8) is 0 Å². The maximum absolute atomic E-state index is 12.5. The Labute approximate surface area is 166 Å². The second kappa shape index (κ2) is 8.75. The average molecular weight is 412 g/mol. The van der Waals surface area contributed by atoms with Crippen LogP contribution >= 0.6 is 34.5 Å². The molecule has 1 aromatic carbocycles. The fourth-order valence-corrected chi connectivity index (χ4v) is 3.82. The van der Waals surface area contributed by atoms with E-state index in [2.05, 4.69) is 10.6 Å². The fourth-order valence-electron chi connectivity index (χ4n) is 2.88. The lowest BCUT2D eigenvalue weighted by molar-refractivity contribution is -0.121. The van der Waals surface area contributed by atoms with Gasteiger partial charge in [-0.15, -0.1) is 11.3 Å². The predicted molar refractivity (Wildman–Crippen MR) is 106 cm³/mol. The van der Waals surface area contributed by atoms with Gasteiger partial charge in [-0.05, 0) is 42.5 Å². The Morgan fingerprint density at radius 3 is 2.81 bits per heavy atom. The minimum atomic E-state index is -0.245. The number of nitrogens with zero attached hydrogens (tertiary/aromatic N) is 1. The number of rotatable bonds is 4. The molecule has 1 aliphatic rings. The maximum atomic E-state index is 12.5. The summed E-state index contributed by atoms with van der Waals surface area (Å²) in [6.07, 6.45) is 1.55. The molecule has 1 fully saturated rings. The van der Waals surface area contributed by atoms with E-state index in [1.54, 1.807) is 34.4 Å². The van der Waals surface area contributed by atoms with Crippen LogP contribution in [0.15, 0.2) is 35.7 Å². The summed E-state index contributed by atoms with van der Waals surface area (Å²) in [6, 6.07) is 8.78. The van der Waals surface area contributed by atoms with E-state index in [1.807, 2.05) is 17.5 Å². The highest BCUT2D eigenvalue weighted by Gasteiger charge is 2.28. The first-order chi connectivity index (χ1) is 12.5. The van der Waals surface area contributed by atoms with Crippen LogP contribution in [0, 0.1) is 5.92 Å². The third kappa shape index (κ3) is 4.90. The van der Waals surface area contributed by atoms with E-state index >= 15 is 0 Å². The molecule has 26 heavy (non-hydrogen) atoms. The third-order valence-corrected chi connectivity index (χ3v) is 5.88. The third-order valence-electron chi connectivity index (χ3n) is 4.26. The number of nitrogens with one attached hydrogen (secondary N) is 2. The first-order valence-corrected chi connectivity index (χ1v) is 9.97. The van der Waals surface area contributed by atoms with Crippen LogP contribution in [-0.2, 0) is 11.3 Å². The van der Waals surface area contributed by atoms with Crippen LogP contribution in [-0.4, -0.2) is 29.9 Å². The number of amides is 3. The number of carbonyl (C=O) groups excluding carboxylic acids is 2. The molecule has 1 unspecified atom stereocenters. The summed E-state index contributed by atoms with van der Waals surface area (Å²) in [5, 5.41) is 8.58. The van der Waals surface area contributed by atoms with Gasteiger partial charge in [0.25, 0.3) is 0 Å². The summed E-state index contributed by atoms with van der Waals surface area (Å²) in [6.45, 7) is 1.57. The summed E-state index contributed by atoms with van der Waals surface area (Å²) in [7, 11) is 0. The zero-order valence-corrected chi connectivity index (χ0v) is 16.3. The molecule has 3 rings (SSSR count). The zero-order valence-electron chi connectivity index (χ0n) is 14.0. The van der Waals surface area contributed by atoms with Crippen molar-refractivity contribution in [2.24, 2.45) is 5.92 Å². The Morgan fingerprint density at radius 2 is 2.08 bits per heavy atom. The smallest absolute Gasteiger partial charge is 0.317 e. The van der Waals surface area contributed by atoms with E-state index in [0.717, 1.165) is 17.7 Å². The number of halogens is 2. The van der Waals surface area contributed by atoms with Crippen molar-refractivity contribution in [2.45, 2.75) is 19.4 Å². The lowest BCUT2D eigenvalue weighted by Crippen LogP contribution is -2.47. The van der Waals surface area contributed by atoms with Gasteiger partial charge in [-0.2, -0.15) is 0 Å². The molecule has 138 valence electrons. The van der Waals surface area contributed by atoms with Crippen LogP contribution in [0.3, 0.4) is 0 Å². The summed E-state index contributed by atoms with van der Waals surface area (Å²) in [5.74, 6) is -0.357. The highest BCUT2D eigenvalue weighted by molar-refractivity contribution is 7.09. The Morgan fingerprint density at radius 1 is 1.23 bits per heavy atom. The van der Waals surface area contributed by atoms with E-state index in [-0.39, 0.29) is 17.9 Å². The molecule has 0 aliphatic carbocycles. The van der Waals surface area contributed by atoms with Crippen molar-refractivity contribution in [1.82, 2.24) is 10.2 Å². The van der Waals surface area contributed by atoms with E-state index in [0.29, 0.717) is 35.4 Å². The highest BCUT2D eigenvalue weighted by Crippen LogP contribution is 2.26. The van der Waals surface area contributed by atoms with Crippen LogP contribution in [0.2, 0.25) is 10.0 Å². The van der Waals surface area contributed by atoms with Gasteiger partial charge in [-0.25, -0.2) is 4.79 Å². The fraction of sp³-hybridized carbons (Fsp3) is 0.333. The molecule has 2 aromatic rings. The molecule has 1 aromatic heterocycles. The SMILES string of the molecule is O=C(Nc1ccc(Cl)c(Cl)c1)C1CCCN(C(=O)NCc2cccs2)C1. The van der Waals surface area contributed by atoms with Gasteiger partial charge >= 0.3 is 6.03 Å². The molecule has 3 amide bonds. The molecule has 1 saturated heterocycles. The number of urea groups is 1. The molecular formula is C18H19Cl2N3O2S. The van der Waals surface area contributed by atoms with Gasteiger partial charge in [0.05, 0.1) is 22.5 Å². The summed E-state index contributed by atoms with van der Waals surface area (Å²) in [4.78, 5) is 27.7. The summed E-state index contributed by atoms with van der Waals surface area (Å²) in [5.41, 5.74) is 0.601. The Bertz CT molecular complexity index is 783. The number of thiophene rings is 1. The van der Waals surface area contributed by atoms with E-state index in [4.69, 9.17) is 23.2 Å². The molecule has 1 atom stereocenters. The summed E-state index contributed by atoms with van der Waals surface area (Å²) >= 11 is 13.5. The average Bonchev–Trinajstić information content (AvgIpc) is 3.16. The van der Waals surface area contributed by atoms with Crippen LogP contribution in [0.25, 0.3) is 0 Å². The minimum Gasteiger partial charge on any atom is -0.333 e. The first-order valence-electron chi connectivity index (χ1n) is 8.34. The van der Waals surface area contributed by atoms with Crippen molar-refractivity contribution >= 4 is 52.2 Å². The molecule has 2 heterocycles. The highest BCUT2D eigenvalue weighted by atomic mass is 35.5. The van der Waals surface area contributed by atoms with Gasteiger partial charge in [0.15, 0.2) is 0 Å². The van der Waals surface area contributed by atoms with E-state index < -0.39 is 0 Å². The molecule has 0 radical (unpaired) electrons. The molecule has 0 saturated carbocycles. The predicted octanol–water partition coefficient (Wildman–Crippen LogP) is 4.62. The number of likely N-dealkylation sites (tertiary alicyclic amines) is 1. The van der Waals surface area contributed by atoms with Crippen LogP contribution in [0.1, 0.15) is 17.7 Å². The molecule has 2 N–H and O–H groups in total. The molecule has 0 spiro atoms. The van der Waals surface area contributed by atoms with Gasteiger partial charge in [-0.1, -0.05) is 29.3 Å². The number of hydrogen-bond acceptors (Lipinski definition) is 3. The number of hydrogen-bond donors (Lipinski definition) is 2. The van der Waals surface area contributed by atoms with Gasteiger partial charge < -0.3 is 15.5 Å². The van der Waals surface area contributed by atoms with Gasteiger partial charge in [0.1, 0.15) is 0 Å². The van der Waals surface area contributed by atoms with Crippen molar-refractivity contribution in [2.75, 3.05) is 18.4 Å².